The summed E-state index contributed by atoms with van der Waals surface area (Å²) in [5, 5.41) is 3.37. The fourth-order valence-corrected chi connectivity index (χ4v) is 3.48. The Labute approximate surface area is 127 Å². The third-order valence-corrected chi connectivity index (χ3v) is 4.60. The molecular weight excluding hydrogens is 272 g/mol. The molecule has 0 saturated carbocycles. The second kappa shape index (κ2) is 6.59. The van der Waals surface area contributed by atoms with Crippen molar-refractivity contribution >= 4 is 18.3 Å². The Kier molecular flexibility index (Phi) is 5.06. The van der Waals surface area contributed by atoms with E-state index in [4.69, 9.17) is 0 Å². The average molecular weight is 295 g/mol. The van der Waals surface area contributed by atoms with Gasteiger partial charge < -0.3 is 10.2 Å². The molecule has 2 heterocycles. The van der Waals surface area contributed by atoms with E-state index in [0.29, 0.717) is 5.91 Å². The molecular formula is C16H23ClN2O. The lowest BCUT2D eigenvalue weighted by molar-refractivity contribution is -0.149. The standard InChI is InChI=1S/C16H22N2O.ClH/c19-15-16(8-10-17-11-9-16)7-4-12-18(15)13-14-5-2-1-3-6-14;/h1-3,5-6,17H,4,7-13H2;1H. The first kappa shape index (κ1) is 15.3. The van der Waals surface area contributed by atoms with Crippen molar-refractivity contribution < 1.29 is 4.79 Å². The van der Waals surface area contributed by atoms with Crippen LogP contribution in [0, 0.1) is 5.41 Å². The van der Waals surface area contributed by atoms with Crippen LogP contribution >= 0.6 is 12.4 Å². The number of nitrogens with zero attached hydrogens (tertiary/aromatic N) is 1. The summed E-state index contributed by atoms with van der Waals surface area (Å²) < 4.78 is 0. The fourth-order valence-electron chi connectivity index (χ4n) is 3.48. The van der Waals surface area contributed by atoms with Crippen molar-refractivity contribution in [1.29, 1.82) is 0 Å². The maximum absolute atomic E-state index is 12.8. The van der Waals surface area contributed by atoms with E-state index in [1.54, 1.807) is 0 Å². The van der Waals surface area contributed by atoms with Crippen LogP contribution in [-0.2, 0) is 11.3 Å². The molecule has 0 bridgehead atoms. The minimum Gasteiger partial charge on any atom is -0.338 e. The van der Waals surface area contributed by atoms with E-state index < -0.39 is 0 Å². The van der Waals surface area contributed by atoms with Crippen molar-refractivity contribution in [3.63, 3.8) is 0 Å². The maximum Gasteiger partial charge on any atom is 0.229 e. The van der Waals surface area contributed by atoms with Crippen LogP contribution in [0.1, 0.15) is 31.2 Å². The molecule has 1 aromatic carbocycles. The molecule has 0 radical (unpaired) electrons. The molecule has 20 heavy (non-hydrogen) atoms. The quantitative estimate of drug-likeness (QED) is 0.909. The Morgan fingerprint density at radius 1 is 1.10 bits per heavy atom. The first-order valence-corrected chi connectivity index (χ1v) is 7.34. The van der Waals surface area contributed by atoms with Crippen LogP contribution in [0.4, 0.5) is 0 Å². The highest BCUT2D eigenvalue weighted by atomic mass is 35.5. The van der Waals surface area contributed by atoms with E-state index in [0.717, 1.165) is 51.9 Å². The molecule has 1 spiro atoms. The second-order valence-electron chi connectivity index (χ2n) is 5.85. The lowest BCUT2D eigenvalue weighted by Crippen LogP contribution is -2.52. The molecule has 0 aliphatic carbocycles. The van der Waals surface area contributed by atoms with Crippen molar-refractivity contribution in [2.75, 3.05) is 19.6 Å². The summed E-state index contributed by atoms with van der Waals surface area (Å²) in [6, 6.07) is 10.3. The van der Waals surface area contributed by atoms with Gasteiger partial charge in [0.15, 0.2) is 0 Å². The number of benzene rings is 1. The van der Waals surface area contributed by atoms with Gasteiger partial charge in [-0.25, -0.2) is 0 Å². The summed E-state index contributed by atoms with van der Waals surface area (Å²) in [6.45, 7) is 3.67. The van der Waals surface area contributed by atoms with Gasteiger partial charge in [0.2, 0.25) is 5.91 Å². The number of piperidine rings is 2. The normalized spacial score (nSPS) is 21.6. The molecule has 2 saturated heterocycles. The third-order valence-electron chi connectivity index (χ3n) is 4.60. The minimum atomic E-state index is -0.0573. The average Bonchev–Trinajstić information content (AvgIpc) is 2.46. The molecule has 4 heteroatoms. The summed E-state index contributed by atoms with van der Waals surface area (Å²) in [7, 11) is 0. The maximum atomic E-state index is 12.8. The van der Waals surface area contributed by atoms with Gasteiger partial charge in [0.05, 0.1) is 5.41 Å². The van der Waals surface area contributed by atoms with Crippen LogP contribution in [0.5, 0.6) is 0 Å². The molecule has 1 N–H and O–H groups in total. The molecule has 1 aromatic rings. The SMILES string of the molecule is Cl.O=C1N(Cc2ccccc2)CCCC12CCNCC2. The van der Waals surface area contributed by atoms with Crippen molar-refractivity contribution in [3.8, 4) is 0 Å². The molecule has 110 valence electrons. The highest BCUT2D eigenvalue weighted by molar-refractivity contribution is 5.85. The van der Waals surface area contributed by atoms with Gasteiger partial charge in [-0.3, -0.25) is 4.79 Å². The van der Waals surface area contributed by atoms with Gasteiger partial charge in [0.25, 0.3) is 0 Å². The highest BCUT2D eigenvalue weighted by Gasteiger charge is 2.44. The van der Waals surface area contributed by atoms with E-state index in [1.165, 1.54) is 5.56 Å². The van der Waals surface area contributed by atoms with Crippen molar-refractivity contribution in [2.24, 2.45) is 5.41 Å². The summed E-state index contributed by atoms with van der Waals surface area (Å²) in [4.78, 5) is 14.9. The topological polar surface area (TPSA) is 32.3 Å². The van der Waals surface area contributed by atoms with Gasteiger partial charge in [-0.15, -0.1) is 12.4 Å². The number of nitrogens with one attached hydrogen (secondary N) is 1. The van der Waals surface area contributed by atoms with Crippen LogP contribution in [0.25, 0.3) is 0 Å². The Morgan fingerprint density at radius 2 is 1.80 bits per heavy atom. The van der Waals surface area contributed by atoms with E-state index >= 15 is 0 Å². The van der Waals surface area contributed by atoms with E-state index in [1.807, 2.05) is 18.2 Å². The molecule has 2 aliphatic rings. The number of carbonyl (C=O) groups excluding carboxylic acids is 1. The first-order chi connectivity index (χ1) is 9.30. The zero-order valence-corrected chi connectivity index (χ0v) is 12.6. The molecule has 3 nitrogen and oxygen atoms in total. The van der Waals surface area contributed by atoms with Gasteiger partial charge in [-0.05, 0) is 44.3 Å². The predicted molar refractivity (Wildman–Crippen MR) is 82.9 cm³/mol. The van der Waals surface area contributed by atoms with Crippen LogP contribution in [0.15, 0.2) is 30.3 Å². The Hall–Kier alpha value is -1.06. The Morgan fingerprint density at radius 3 is 2.50 bits per heavy atom. The number of halogens is 1. The van der Waals surface area contributed by atoms with Gasteiger partial charge in [0, 0.05) is 13.1 Å². The number of amides is 1. The van der Waals surface area contributed by atoms with Gasteiger partial charge >= 0.3 is 0 Å². The smallest absolute Gasteiger partial charge is 0.229 e. The zero-order valence-electron chi connectivity index (χ0n) is 11.8. The van der Waals surface area contributed by atoms with Crippen LogP contribution < -0.4 is 5.32 Å². The van der Waals surface area contributed by atoms with E-state index in [9.17, 15) is 4.79 Å². The van der Waals surface area contributed by atoms with Crippen LogP contribution in [0.2, 0.25) is 0 Å². The van der Waals surface area contributed by atoms with Crippen molar-refractivity contribution in [1.82, 2.24) is 10.2 Å². The molecule has 0 aromatic heterocycles. The summed E-state index contributed by atoms with van der Waals surface area (Å²) in [6.07, 6.45) is 4.26. The molecule has 2 fully saturated rings. The van der Waals surface area contributed by atoms with Crippen LogP contribution in [-0.4, -0.2) is 30.4 Å². The summed E-state index contributed by atoms with van der Waals surface area (Å²) >= 11 is 0. The van der Waals surface area contributed by atoms with E-state index in [2.05, 4.69) is 22.3 Å². The van der Waals surface area contributed by atoms with Gasteiger partial charge in [-0.2, -0.15) is 0 Å². The number of rotatable bonds is 2. The number of likely N-dealkylation sites (tertiary alicyclic amines) is 1. The largest absolute Gasteiger partial charge is 0.338 e. The number of hydrogen-bond acceptors (Lipinski definition) is 2. The summed E-state index contributed by atoms with van der Waals surface area (Å²) in [5.74, 6) is 0.393. The minimum absolute atomic E-state index is 0. The first-order valence-electron chi connectivity index (χ1n) is 7.34. The number of hydrogen-bond donors (Lipinski definition) is 1. The van der Waals surface area contributed by atoms with Crippen LogP contribution in [0.3, 0.4) is 0 Å². The molecule has 0 unspecified atom stereocenters. The fraction of sp³-hybridized carbons (Fsp3) is 0.562. The van der Waals surface area contributed by atoms with Crippen molar-refractivity contribution in [3.05, 3.63) is 35.9 Å². The number of carbonyl (C=O) groups is 1. The molecule has 1 amide bonds. The molecule has 2 aliphatic heterocycles. The van der Waals surface area contributed by atoms with Crippen molar-refractivity contribution in [2.45, 2.75) is 32.2 Å². The van der Waals surface area contributed by atoms with E-state index in [-0.39, 0.29) is 17.8 Å². The predicted octanol–water partition coefficient (Wildman–Crippen LogP) is 2.60. The Balaban J connectivity index is 0.00000147. The lowest BCUT2D eigenvalue weighted by atomic mass is 9.72. The second-order valence-corrected chi connectivity index (χ2v) is 5.85. The molecule has 0 atom stereocenters. The zero-order chi connectivity index (χ0) is 13.1. The lowest BCUT2D eigenvalue weighted by Gasteiger charge is -2.44. The molecule has 3 rings (SSSR count). The Bertz CT molecular complexity index is 438. The monoisotopic (exact) mass is 294 g/mol. The highest BCUT2D eigenvalue weighted by Crippen LogP contribution is 2.39. The third kappa shape index (κ3) is 2.99. The summed E-state index contributed by atoms with van der Waals surface area (Å²) in [5.41, 5.74) is 1.18. The van der Waals surface area contributed by atoms with Gasteiger partial charge in [-0.1, -0.05) is 30.3 Å². The van der Waals surface area contributed by atoms with Gasteiger partial charge in [0.1, 0.15) is 0 Å².